The number of aryl methyl sites for hydroxylation is 2. The Balaban J connectivity index is 1.79. The topological polar surface area (TPSA) is 60.5 Å². The Morgan fingerprint density at radius 2 is 2.07 bits per heavy atom. The van der Waals surface area contributed by atoms with Crippen molar-refractivity contribution in [2.24, 2.45) is 0 Å². The number of nitrogens with one attached hydrogen (secondary N) is 1. The minimum absolute atomic E-state index is 0.0739. The molecule has 7 heteroatoms. The summed E-state index contributed by atoms with van der Waals surface area (Å²) < 4.78 is 36.7. The molecule has 0 aliphatic carbocycles. The maximum Gasteiger partial charge on any atom is 0.299 e. The normalized spacial score (nSPS) is 12.3. The fraction of sp³-hybridized carbons (Fsp3) is 0.364. The first-order valence-corrected chi connectivity index (χ1v) is 9.23. The van der Waals surface area contributed by atoms with Crippen LogP contribution in [0.4, 0.5) is 8.78 Å². The van der Waals surface area contributed by atoms with Gasteiger partial charge in [-0.2, -0.15) is 8.78 Å². The third-order valence-electron chi connectivity index (χ3n) is 4.30. The van der Waals surface area contributed by atoms with Gasteiger partial charge in [0.25, 0.3) is 5.92 Å². The maximum atomic E-state index is 13.1. The van der Waals surface area contributed by atoms with Crippen molar-refractivity contribution < 1.29 is 23.0 Å². The summed E-state index contributed by atoms with van der Waals surface area (Å²) >= 11 is 0. The molecule has 5 nitrogen and oxygen atoms in total. The van der Waals surface area contributed by atoms with Crippen LogP contribution in [0.5, 0.6) is 5.75 Å². The average molecular weight is 404 g/mol. The minimum Gasteiger partial charge on any atom is -0.485 e. The molecule has 156 valence electrons. The Hall–Kier alpha value is -2.80. The van der Waals surface area contributed by atoms with Crippen molar-refractivity contribution >= 4 is 5.91 Å². The summed E-state index contributed by atoms with van der Waals surface area (Å²) in [5.41, 5.74) is 3.92. The van der Waals surface area contributed by atoms with Crippen molar-refractivity contribution in [1.29, 1.82) is 0 Å². The van der Waals surface area contributed by atoms with E-state index >= 15 is 0 Å². The van der Waals surface area contributed by atoms with Crippen LogP contribution in [0, 0.1) is 13.8 Å². The fourth-order valence-electron chi connectivity index (χ4n) is 2.59. The van der Waals surface area contributed by atoms with Crippen LogP contribution in [0.15, 0.2) is 49.2 Å². The second-order valence-electron chi connectivity index (χ2n) is 6.88. The van der Waals surface area contributed by atoms with Gasteiger partial charge in [0.2, 0.25) is 5.91 Å². The number of nitrogens with zero attached hydrogens (tertiary/aromatic N) is 1. The summed E-state index contributed by atoms with van der Waals surface area (Å²) in [5, 5.41) is 2.79. The van der Waals surface area contributed by atoms with Crippen molar-refractivity contribution in [3.05, 3.63) is 71.6 Å². The molecule has 1 N–H and O–H groups in total. The first-order valence-electron chi connectivity index (χ1n) is 9.23. The van der Waals surface area contributed by atoms with E-state index in [1.165, 1.54) is 17.8 Å². The number of aromatic nitrogens is 1. The second-order valence-corrected chi connectivity index (χ2v) is 6.88. The van der Waals surface area contributed by atoms with Crippen molar-refractivity contribution in [1.82, 2.24) is 10.3 Å². The van der Waals surface area contributed by atoms with Gasteiger partial charge in [0.1, 0.15) is 12.4 Å². The quantitative estimate of drug-likeness (QED) is 0.600. The summed E-state index contributed by atoms with van der Waals surface area (Å²) in [6, 6.07) is 8.84. The lowest BCUT2D eigenvalue weighted by Gasteiger charge is -2.15. The highest BCUT2D eigenvalue weighted by molar-refractivity contribution is 5.77. The van der Waals surface area contributed by atoms with Gasteiger partial charge in [-0.25, -0.2) is 0 Å². The van der Waals surface area contributed by atoms with Crippen LogP contribution < -0.4 is 10.1 Å². The molecule has 1 aromatic carbocycles. The standard InChI is InChI=1S/C22H26F2N2O3/c1-5-22(23,24)14-29-19-8-9-20(25-11-19)17(4)26-21(27)13-28-12-18-7-6-15(2)10-16(18)3/h5-11,17H,1,12-14H2,2-4H3,(H,26,27)/t17-/m1/s1. The number of halogens is 2. The SMILES string of the molecule is C=CC(F)(F)COc1ccc([C@@H](C)NC(=O)COCc2ccc(C)cc2C)nc1. The molecule has 2 rings (SSSR count). The molecular weight excluding hydrogens is 378 g/mol. The number of carbonyl (C=O) groups excluding carboxylic acids is 1. The lowest BCUT2D eigenvalue weighted by molar-refractivity contribution is -0.126. The van der Waals surface area contributed by atoms with E-state index in [4.69, 9.17) is 9.47 Å². The van der Waals surface area contributed by atoms with Crippen molar-refractivity contribution in [3.63, 3.8) is 0 Å². The highest BCUT2D eigenvalue weighted by Gasteiger charge is 2.25. The van der Waals surface area contributed by atoms with E-state index in [-0.39, 0.29) is 24.3 Å². The predicted molar refractivity (Wildman–Crippen MR) is 107 cm³/mol. The van der Waals surface area contributed by atoms with Crippen LogP contribution >= 0.6 is 0 Å². The Bertz CT molecular complexity index is 838. The predicted octanol–water partition coefficient (Wildman–Crippen LogP) is 4.29. The zero-order valence-corrected chi connectivity index (χ0v) is 16.9. The molecular formula is C22H26F2N2O3. The number of benzene rings is 1. The van der Waals surface area contributed by atoms with Gasteiger partial charge in [0.05, 0.1) is 24.5 Å². The fourth-order valence-corrected chi connectivity index (χ4v) is 2.59. The molecule has 0 saturated carbocycles. The van der Waals surface area contributed by atoms with E-state index in [1.807, 2.05) is 26.0 Å². The van der Waals surface area contributed by atoms with Gasteiger partial charge in [-0.1, -0.05) is 30.3 Å². The van der Waals surface area contributed by atoms with Crippen LogP contribution in [0.3, 0.4) is 0 Å². The number of hydrogen-bond donors (Lipinski definition) is 1. The van der Waals surface area contributed by atoms with Crippen LogP contribution in [0.1, 0.15) is 35.3 Å². The number of ether oxygens (including phenoxy) is 2. The first kappa shape index (κ1) is 22.5. The Labute approximate surface area is 169 Å². The van der Waals surface area contributed by atoms with Gasteiger partial charge in [0, 0.05) is 0 Å². The molecule has 0 bridgehead atoms. The molecule has 0 unspecified atom stereocenters. The minimum atomic E-state index is -3.10. The zero-order valence-electron chi connectivity index (χ0n) is 16.9. The Kier molecular flexibility index (Phi) is 7.84. The summed E-state index contributed by atoms with van der Waals surface area (Å²) in [6.45, 7) is 8.34. The van der Waals surface area contributed by atoms with Crippen molar-refractivity contribution in [2.75, 3.05) is 13.2 Å². The lowest BCUT2D eigenvalue weighted by atomic mass is 10.1. The molecule has 2 aromatic rings. The van der Waals surface area contributed by atoms with E-state index in [0.29, 0.717) is 18.4 Å². The van der Waals surface area contributed by atoms with Crippen LogP contribution in [-0.4, -0.2) is 30.0 Å². The van der Waals surface area contributed by atoms with E-state index in [9.17, 15) is 13.6 Å². The average Bonchev–Trinajstić information content (AvgIpc) is 2.68. The Morgan fingerprint density at radius 1 is 1.31 bits per heavy atom. The Morgan fingerprint density at radius 3 is 2.69 bits per heavy atom. The summed E-state index contributed by atoms with van der Waals surface area (Å²) in [6.07, 6.45) is 1.88. The lowest BCUT2D eigenvalue weighted by Crippen LogP contribution is -2.30. The molecule has 0 spiro atoms. The number of alkyl halides is 2. The summed E-state index contributed by atoms with van der Waals surface area (Å²) in [7, 11) is 0. The number of carbonyl (C=O) groups is 1. The van der Waals surface area contributed by atoms with E-state index < -0.39 is 12.5 Å². The van der Waals surface area contributed by atoms with Gasteiger partial charge in [-0.15, -0.1) is 0 Å². The van der Waals surface area contributed by atoms with E-state index in [2.05, 4.69) is 22.9 Å². The smallest absolute Gasteiger partial charge is 0.299 e. The van der Waals surface area contributed by atoms with Crippen LogP contribution in [-0.2, 0) is 16.1 Å². The first-order chi connectivity index (χ1) is 13.7. The highest BCUT2D eigenvalue weighted by atomic mass is 19.3. The van der Waals surface area contributed by atoms with Gasteiger partial charge in [0.15, 0.2) is 6.61 Å². The third-order valence-corrected chi connectivity index (χ3v) is 4.30. The molecule has 1 heterocycles. The van der Waals surface area contributed by atoms with Crippen molar-refractivity contribution in [3.8, 4) is 5.75 Å². The van der Waals surface area contributed by atoms with Crippen molar-refractivity contribution in [2.45, 2.75) is 39.3 Å². The van der Waals surface area contributed by atoms with Gasteiger partial charge in [-0.3, -0.25) is 9.78 Å². The second kappa shape index (κ2) is 10.1. The molecule has 0 fully saturated rings. The third kappa shape index (κ3) is 7.27. The number of pyridine rings is 1. The molecule has 0 saturated heterocycles. The molecule has 1 aromatic heterocycles. The molecule has 0 aliphatic rings. The van der Waals surface area contributed by atoms with Gasteiger partial charge < -0.3 is 14.8 Å². The van der Waals surface area contributed by atoms with Gasteiger partial charge in [-0.05, 0) is 50.1 Å². The number of hydrogen-bond acceptors (Lipinski definition) is 4. The van der Waals surface area contributed by atoms with Crippen LogP contribution in [0.2, 0.25) is 0 Å². The number of rotatable bonds is 10. The zero-order chi connectivity index (χ0) is 21.4. The molecule has 0 aliphatic heterocycles. The monoisotopic (exact) mass is 404 g/mol. The summed E-state index contributed by atoms with van der Waals surface area (Å²) in [4.78, 5) is 16.2. The number of amides is 1. The molecule has 29 heavy (non-hydrogen) atoms. The maximum absolute atomic E-state index is 13.1. The van der Waals surface area contributed by atoms with Gasteiger partial charge >= 0.3 is 0 Å². The highest BCUT2D eigenvalue weighted by Crippen LogP contribution is 2.19. The van der Waals surface area contributed by atoms with Crippen LogP contribution in [0.25, 0.3) is 0 Å². The molecule has 0 radical (unpaired) electrons. The molecule has 1 amide bonds. The molecule has 1 atom stereocenters. The summed E-state index contributed by atoms with van der Waals surface area (Å²) in [5.74, 6) is -3.16. The van der Waals surface area contributed by atoms with E-state index in [1.54, 1.807) is 13.0 Å². The van der Waals surface area contributed by atoms with E-state index in [0.717, 1.165) is 11.1 Å². The largest absolute Gasteiger partial charge is 0.485 e.